The fraction of sp³-hybridized carbons (Fsp3) is 0.647. The van der Waals surface area contributed by atoms with Gasteiger partial charge in [-0.1, -0.05) is 6.92 Å². The molecule has 21 heavy (non-hydrogen) atoms. The van der Waals surface area contributed by atoms with Crippen LogP contribution in [0, 0.1) is 0 Å². The molecule has 1 fully saturated rings. The smallest absolute Gasteiger partial charge is 0.119 e. The first-order valence-corrected chi connectivity index (χ1v) is 7.80. The van der Waals surface area contributed by atoms with Crippen LogP contribution in [0.2, 0.25) is 0 Å². The maximum atomic E-state index is 5.85. The molecule has 1 atom stereocenters. The minimum atomic E-state index is 0.186. The van der Waals surface area contributed by atoms with Crippen LogP contribution in [0.5, 0.6) is 11.5 Å². The predicted molar refractivity (Wildman–Crippen MR) is 86.2 cm³/mol. The lowest BCUT2D eigenvalue weighted by Crippen LogP contribution is -2.61. The number of hydrogen-bond acceptors (Lipinski definition) is 4. The Balaban J connectivity index is 1.82. The van der Waals surface area contributed by atoms with Crippen LogP contribution in [0.3, 0.4) is 0 Å². The normalized spacial score (nSPS) is 22.0. The molecule has 1 aromatic carbocycles. The number of nitrogens with one attached hydrogen (secondary N) is 1. The van der Waals surface area contributed by atoms with Gasteiger partial charge in [0.1, 0.15) is 18.1 Å². The fourth-order valence-corrected chi connectivity index (χ4v) is 2.83. The third kappa shape index (κ3) is 4.61. The van der Waals surface area contributed by atoms with Gasteiger partial charge < -0.3 is 14.8 Å². The van der Waals surface area contributed by atoms with Crippen LogP contribution in [0.25, 0.3) is 0 Å². The van der Waals surface area contributed by atoms with Gasteiger partial charge in [0, 0.05) is 31.2 Å². The van der Waals surface area contributed by atoms with E-state index >= 15 is 0 Å². The molecule has 0 aliphatic carbocycles. The molecular formula is C17H28N2O2. The maximum Gasteiger partial charge on any atom is 0.119 e. The summed E-state index contributed by atoms with van der Waals surface area (Å²) in [6, 6.07) is 8.38. The molecular weight excluding hydrogens is 264 g/mol. The first-order valence-electron chi connectivity index (χ1n) is 7.80. The molecule has 0 spiro atoms. The largest absolute Gasteiger partial charge is 0.497 e. The highest BCUT2D eigenvalue weighted by atomic mass is 16.5. The SMILES string of the molecule is CCC1CNC(C)(C)CN1CCOc1ccc(OC)cc1. The summed E-state index contributed by atoms with van der Waals surface area (Å²) in [4.78, 5) is 2.54. The zero-order valence-electron chi connectivity index (χ0n) is 13.7. The summed E-state index contributed by atoms with van der Waals surface area (Å²) in [5, 5.41) is 3.61. The standard InChI is InChI=1S/C17H28N2O2/c1-5-14-12-18-17(2,3)13-19(14)10-11-21-16-8-6-15(20-4)7-9-16/h6-9,14,18H,5,10-13H2,1-4H3. The highest BCUT2D eigenvalue weighted by Crippen LogP contribution is 2.19. The second-order valence-corrected chi connectivity index (χ2v) is 6.32. The van der Waals surface area contributed by atoms with Crippen molar-refractivity contribution in [3.05, 3.63) is 24.3 Å². The molecule has 1 aromatic rings. The lowest BCUT2D eigenvalue weighted by Gasteiger charge is -2.44. The number of ether oxygens (including phenoxy) is 2. The Kier molecular flexibility index (Phi) is 5.48. The first-order chi connectivity index (χ1) is 10.0. The van der Waals surface area contributed by atoms with E-state index < -0.39 is 0 Å². The summed E-state index contributed by atoms with van der Waals surface area (Å²) in [7, 11) is 1.67. The molecule has 1 saturated heterocycles. The minimum Gasteiger partial charge on any atom is -0.497 e. The van der Waals surface area contributed by atoms with Crippen LogP contribution < -0.4 is 14.8 Å². The van der Waals surface area contributed by atoms with Gasteiger partial charge in [0.25, 0.3) is 0 Å². The van der Waals surface area contributed by atoms with E-state index in [-0.39, 0.29) is 5.54 Å². The molecule has 1 N–H and O–H groups in total. The Morgan fingerprint density at radius 3 is 2.52 bits per heavy atom. The molecule has 2 rings (SSSR count). The number of methoxy groups -OCH3 is 1. The fourth-order valence-electron chi connectivity index (χ4n) is 2.83. The van der Waals surface area contributed by atoms with Crippen molar-refractivity contribution < 1.29 is 9.47 Å². The van der Waals surface area contributed by atoms with Gasteiger partial charge in [0.2, 0.25) is 0 Å². The summed E-state index contributed by atoms with van der Waals surface area (Å²) in [5.74, 6) is 1.76. The van der Waals surface area contributed by atoms with Crippen molar-refractivity contribution in [3.63, 3.8) is 0 Å². The van der Waals surface area contributed by atoms with E-state index in [0.29, 0.717) is 6.04 Å². The molecule has 0 saturated carbocycles. The molecule has 1 aliphatic heterocycles. The van der Waals surface area contributed by atoms with Crippen molar-refractivity contribution >= 4 is 0 Å². The van der Waals surface area contributed by atoms with Gasteiger partial charge in [0.05, 0.1) is 7.11 Å². The molecule has 4 nitrogen and oxygen atoms in total. The maximum absolute atomic E-state index is 5.85. The highest BCUT2D eigenvalue weighted by molar-refractivity contribution is 5.31. The van der Waals surface area contributed by atoms with Gasteiger partial charge in [-0.2, -0.15) is 0 Å². The number of hydrogen-bond donors (Lipinski definition) is 1. The van der Waals surface area contributed by atoms with E-state index in [9.17, 15) is 0 Å². The van der Waals surface area contributed by atoms with Crippen LogP contribution in [0.15, 0.2) is 24.3 Å². The molecule has 0 bridgehead atoms. The quantitative estimate of drug-likeness (QED) is 0.873. The molecule has 0 radical (unpaired) electrons. The monoisotopic (exact) mass is 292 g/mol. The predicted octanol–water partition coefficient (Wildman–Crippen LogP) is 2.54. The molecule has 118 valence electrons. The summed E-state index contributed by atoms with van der Waals surface area (Å²) in [6.07, 6.45) is 1.17. The zero-order valence-corrected chi connectivity index (χ0v) is 13.7. The van der Waals surface area contributed by atoms with Crippen LogP contribution in [0.4, 0.5) is 0 Å². The average molecular weight is 292 g/mol. The van der Waals surface area contributed by atoms with Crippen LogP contribution in [-0.2, 0) is 0 Å². The van der Waals surface area contributed by atoms with Crippen LogP contribution >= 0.6 is 0 Å². The minimum absolute atomic E-state index is 0.186. The third-order valence-electron chi connectivity index (χ3n) is 4.11. The van der Waals surface area contributed by atoms with Crippen molar-refractivity contribution in [1.29, 1.82) is 0 Å². The van der Waals surface area contributed by atoms with Crippen molar-refractivity contribution in [1.82, 2.24) is 10.2 Å². The van der Waals surface area contributed by atoms with E-state index in [1.165, 1.54) is 6.42 Å². The van der Waals surface area contributed by atoms with Crippen molar-refractivity contribution in [2.45, 2.75) is 38.8 Å². The first kappa shape index (κ1) is 16.1. The van der Waals surface area contributed by atoms with Gasteiger partial charge in [-0.25, -0.2) is 0 Å². The van der Waals surface area contributed by atoms with Gasteiger partial charge in [-0.3, -0.25) is 4.90 Å². The van der Waals surface area contributed by atoms with Crippen molar-refractivity contribution in [2.75, 3.05) is 33.4 Å². The second-order valence-electron chi connectivity index (χ2n) is 6.32. The lowest BCUT2D eigenvalue weighted by molar-refractivity contribution is 0.0781. The van der Waals surface area contributed by atoms with Crippen molar-refractivity contribution in [3.8, 4) is 11.5 Å². The second kappa shape index (κ2) is 7.14. The zero-order chi connectivity index (χ0) is 15.3. The summed E-state index contributed by atoms with van der Waals surface area (Å²) in [6.45, 7) is 10.6. The lowest BCUT2D eigenvalue weighted by atomic mass is 9.98. The number of benzene rings is 1. The molecule has 1 aliphatic rings. The van der Waals surface area contributed by atoms with Gasteiger partial charge in [0.15, 0.2) is 0 Å². The molecule has 4 heteroatoms. The van der Waals surface area contributed by atoms with E-state index in [1.807, 2.05) is 24.3 Å². The van der Waals surface area contributed by atoms with Crippen LogP contribution in [0.1, 0.15) is 27.2 Å². The molecule has 1 unspecified atom stereocenters. The van der Waals surface area contributed by atoms with Crippen LogP contribution in [-0.4, -0.2) is 49.8 Å². The van der Waals surface area contributed by atoms with Gasteiger partial charge >= 0.3 is 0 Å². The summed E-state index contributed by atoms with van der Waals surface area (Å²) in [5.41, 5.74) is 0.186. The molecule has 0 amide bonds. The molecule has 0 aromatic heterocycles. The van der Waals surface area contributed by atoms with E-state index in [4.69, 9.17) is 9.47 Å². The Morgan fingerprint density at radius 1 is 1.24 bits per heavy atom. The average Bonchev–Trinajstić information content (AvgIpc) is 2.47. The Bertz CT molecular complexity index is 431. The van der Waals surface area contributed by atoms with E-state index in [2.05, 4.69) is 31.0 Å². The topological polar surface area (TPSA) is 33.7 Å². The Morgan fingerprint density at radius 2 is 1.90 bits per heavy atom. The number of piperazine rings is 1. The van der Waals surface area contributed by atoms with E-state index in [1.54, 1.807) is 7.11 Å². The third-order valence-corrected chi connectivity index (χ3v) is 4.11. The van der Waals surface area contributed by atoms with Gasteiger partial charge in [-0.05, 0) is 44.5 Å². The van der Waals surface area contributed by atoms with E-state index in [0.717, 1.165) is 37.7 Å². The number of rotatable bonds is 6. The molecule has 1 heterocycles. The summed E-state index contributed by atoms with van der Waals surface area (Å²) >= 11 is 0. The summed E-state index contributed by atoms with van der Waals surface area (Å²) < 4.78 is 11.0. The van der Waals surface area contributed by atoms with Crippen molar-refractivity contribution in [2.24, 2.45) is 0 Å². The Labute approximate surface area is 128 Å². The highest BCUT2D eigenvalue weighted by Gasteiger charge is 2.31. The number of nitrogens with zero attached hydrogens (tertiary/aromatic N) is 1. The Hall–Kier alpha value is -1.26. The van der Waals surface area contributed by atoms with Gasteiger partial charge in [-0.15, -0.1) is 0 Å².